The third-order valence-electron chi connectivity index (χ3n) is 7.80. The number of nitrogen functional groups attached to an aromatic ring is 1. The number of halogens is 1. The van der Waals surface area contributed by atoms with Gasteiger partial charge in [-0.25, -0.2) is 9.37 Å². The number of anilines is 1. The fourth-order valence-electron chi connectivity index (χ4n) is 5.86. The van der Waals surface area contributed by atoms with Gasteiger partial charge in [0, 0.05) is 57.2 Å². The number of nitrogens with two attached hydrogens (primary N) is 1. The summed E-state index contributed by atoms with van der Waals surface area (Å²) in [6.07, 6.45) is 4.75. The van der Waals surface area contributed by atoms with Crippen LogP contribution in [0.5, 0.6) is 0 Å². The first-order valence-electron chi connectivity index (χ1n) is 11.6. The van der Waals surface area contributed by atoms with E-state index in [2.05, 4.69) is 40.7 Å². The van der Waals surface area contributed by atoms with Crippen molar-refractivity contribution >= 4 is 11.7 Å². The summed E-state index contributed by atoms with van der Waals surface area (Å²) in [7, 11) is 0. The minimum atomic E-state index is -1.76. The van der Waals surface area contributed by atoms with Gasteiger partial charge in [-0.15, -0.1) is 0 Å². The summed E-state index contributed by atoms with van der Waals surface area (Å²) in [4.78, 5) is 21.2. The summed E-state index contributed by atoms with van der Waals surface area (Å²) in [5.74, 6) is 0.169. The average molecular weight is 435 g/mol. The Morgan fingerprint density at radius 1 is 1.09 bits per heavy atom. The molecular formula is C26H31FN4O. The minimum Gasteiger partial charge on any atom is -0.384 e. The van der Waals surface area contributed by atoms with Gasteiger partial charge in [-0.1, -0.05) is 36.4 Å². The number of aromatic nitrogens is 1. The zero-order chi connectivity index (χ0) is 22.3. The predicted molar refractivity (Wildman–Crippen MR) is 124 cm³/mol. The van der Waals surface area contributed by atoms with E-state index in [9.17, 15) is 4.79 Å². The van der Waals surface area contributed by atoms with Crippen molar-refractivity contribution in [3.8, 4) is 0 Å². The summed E-state index contributed by atoms with van der Waals surface area (Å²) in [6.45, 7) is 7.39. The molecule has 3 heterocycles. The molecule has 1 spiro atoms. The normalized spacial score (nSPS) is 22.2. The number of rotatable bonds is 3. The van der Waals surface area contributed by atoms with Gasteiger partial charge in [0.05, 0.1) is 0 Å². The van der Waals surface area contributed by atoms with Crippen LogP contribution in [0, 0.1) is 0 Å². The molecule has 5 rings (SSSR count). The number of nitrogens with zero attached hydrogens (tertiary/aromatic N) is 3. The van der Waals surface area contributed by atoms with E-state index in [1.165, 1.54) is 16.7 Å². The van der Waals surface area contributed by atoms with Gasteiger partial charge in [-0.3, -0.25) is 9.69 Å². The Balaban J connectivity index is 1.20. The van der Waals surface area contributed by atoms with Crippen molar-refractivity contribution in [1.29, 1.82) is 0 Å². The van der Waals surface area contributed by atoms with Crippen molar-refractivity contribution in [3.05, 3.63) is 71.4 Å². The number of pyridine rings is 1. The number of carbonyl (C=O) groups excluding carboxylic acids is 1. The quantitative estimate of drug-likeness (QED) is 0.750. The Hall–Kier alpha value is -2.73. The Morgan fingerprint density at radius 3 is 2.53 bits per heavy atom. The molecule has 2 aliphatic heterocycles. The summed E-state index contributed by atoms with van der Waals surface area (Å²) in [5, 5.41) is 0. The van der Waals surface area contributed by atoms with Gasteiger partial charge in [-0.2, -0.15) is 0 Å². The Morgan fingerprint density at radius 2 is 1.81 bits per heavy atom. The SMILES string of the molecule is C=C1Cc2ccccc2C12CCN(C(=O)C1(F)CCN(Cc3ccnc(N)c3)CC1)CC2. The molecule has 0 unspecified atom stereocenters. The number of alkyl halides is 1. The molecule has 1 aromatic carbocycles. The lowest BCUT2D eigenvalue weighted by atomic mass is 9.71. The molecule has 0 bridgehead atoms. The summed E-state index contributed by atoms with van der Waals surface area (Å²) < 4.78 is 15.7. The van der Waals surface area contributed by atoms with Gasteiger partial charge in [-0.05, 0) is 48.1 Å². The molecule has 0 saturated carbocycles. The topological polar surface area (TPSA) is 62.5 Å². The fourth-order valence-corrected chi connectivity index (χ4v) is 5.86. The van der Waals surface area contributed by atoms with E-state index in [-0.39, 0.29) is 24.2 Å². The number of fused-ring (bicyclic) bond motifs is 2. The van der Waals surface area contributed by atoms with Crippen LogP contribution in [-0.4, -0.2) is 52.5 Å². The molecule has 2 saturated heterocycles. The molecule has 1 aromatic heterocycles. The summed E-state index contributed by atoms with van der Waals surface area (Å²) >= 11 is 0. The molecule has 3 aliphatic rings. The lowest BCUT2D eigenvalue weighted by molar-refractivity contribution is -0.149. The first-order valence-corrected chi connectivity index (χ1v) is 11.6. The number of carbonyl (C=O) groups is 1. The number of hydrogen-bond acceptors (Lipinski definition) is 4. The zero-order valence-corrected chi connectivity index (χ0v) is 18.5. The van der Waals surface area contributed by atoms with Crippen LogP contribution in [0.3, 0.4) is 0 Å². The highest BCUT2D eigenvalue weighted by atomic mass is 19.1. The smallest absolute Gasteiger partial charge is 0.260 e. The van der Waals surface area contributed by atoms with E-state index >= 15 is 4.39 Å². The number of benzene rings is 1. The van der Waals surface area contributed by atoms with Gasteiger partial charge in [0.1, 0.15) is 5.82 Å². The third-order valence-corrected chi connectivity index (χ3v) is 7.80. The lowest BCUT2D eigenvalue weighted by Crippen LogP contribution is -2.55. The van der Waals surface area contributed by atoms with Gasteiger partial charge < -0.3 is 10.6 Å². The minimum absolute atomic E-state index is 0.0490. The molecule has 0 atom stereocenters. The van der Waals surface area contributed by atoms with E-state index in [4.69, 9.17) is 5.73 Å². The average Bonchev–Trinajstić information content (AvgIpc) is 3.07. The maximum Gasteiger partial charge on any atom is 0.260 e. The fraction of sp³-hybridized carbons (Fsp3) is 0.462. The lowest BCUT2D eigenvalue weighted by Gasteiger charge is -2.44. The second kappa shape index (κ2) is 8.00. The first-order chi connectivity index (χ1) is 15.4. The summed E-state index contributed by atoms with van der Waals surface area (Å²) in [6, 6.07) is 12.3. The molecule has 1 amide bonds. The Kier molecular flexibility index (Phi) is 5.28. The molecule has 1 aliphatic carbocycles. The number of allylic oxidation sites excluding steroid dienone is 1. The maximum atomic E-state index is 15.7. The van der Waals surface area contributed by atoms with Crippen molar-refractivity contribution in [2.24, 2.45) is 0 Å². The molecule has 0 radical (unpaired) electrons. The molecule has 5 nitrogen and oxygen atoms in total. The molecular weight excluding hydrogens is 403 g/mol. The van der Waals surface area contributed by atoms with Crippen LogP contribution in [0.2, 0.25) is 0 Å². The Bertz CT molecular complexity index is 1040. The molecule has 2 aromatic rings. The maximum absolute atomic E-state index is 15.7. The Labute approximate surface area is 189 Å². The highest BCUT2D eigenvalue weighted by Gasteiger charge is 2.48. The van der Waals surface area contributed by atoms with Crippen molar-refractivity contribution in [2.45, 2.75) is 49.7 Å². The van der Waals surface area contributed by atoms with Crippen LogP contribution in [0.25, 0.3) is 0 Å². The van der Waals surface area contributed by atoms with E-state index in [0.29, 0.717) is 38.5 Å². The number of piperidine rings is 2. The van der Waals surface area contributed by atoms with Gasteiger partial charge in [0.15, 0.2) is 5.67 Å². The van der Waals surface area contributed by atoms with E-state index in [1.807, 2.05) is 12.1 Å². The second-order valence-electron chi connectivity index (χ2n) is 9.64. The monoisotopic (exact) mass is 434 g/mol. The van der Waals surface area contributed by atoms with Gasteiger partial charge in [0.2, 0.25) is 0 Å². The van der Waals surface area contributed by atoms with Crippen molar-refractivity contribution in [1.82, 2.24) is 14.8 Å². The van der Waals surface area contributed by atoms with Crippen LogP contribution in [0.4, 0.5) is 10.2 Å². The van der Waals surface area contributed by atoms with Gasteiger partial charge in [0.25, 0.3) is 5.91 Å². The third kappa shape index (κ3) is 3.60. The van der Waals surface area contributed by atoms with Crippen molar-refractivity contribution in [3.63, 3.8) is 0 Å². The van der Waals surface area contributed by atoms with Crippen LogP contribution >= 0.6 is 0 Å². The summed E-state index contributed by atoms with van der Waals surface area (Å²) in [5.41, 5.74) is 8.96. The molecule has 32 heavy (non-hydrogen) atoms. The van der Waals surface area contributed by atoms with E-state index in [1.54, 1.807) is 11.1 Å². The van der Waals surface area contributed by atoms with Crippen molar-refractivity contribution < 1.29 is 9.18 Å². The second-order valence-corrected chi connectivity index (χ2v) is 9.64. The van der Waals surface area contributed by atoms with E-state index < -0.39 is 5.67 Å². The first kappa shape index (κ1) is 21.1. The van der Waals surface area contributed by atoms with Gasteiger partial charge >= 0.3 is 0 Å². The number of likely N-dealkylation sites (tertiary alicyclic amines) is 2. The molecule has 6 heteroatoms. The van der Waals surface area contributed by atoms with Crippen LogP contribution in [0.1, 0.15) is 42.4 Å². The number of hydrogen-bond donors (Lipinski definition) is 1. The molecule has 168 valence electrons. The highest BCUT2D eigenvalue weighted by molar-refractivity contribution is 5.85. The zero-order valence-electron chi connectivity index (χ0n) is 18.5. The van der Waals surface area contributed by atoms with Crippen molar-refractivity contribution in [2.75, 3.05) is 31.9 Å². The molecule has 2 N–H and O–H groups in total. The standard InChI is InChI=1S/C26H31FN4O/c1-19-16-21-4-2-3-5-22(21)25(19)7-14-31(15-8-25)24(32)26(27)9-12-30(13-10-26)18-20-6-11-29-23(28)17-20/h2-6,11,17H,1,7-10,12-16,18H2,(H2,28,29). The molecule has 2 fully saturated rings. The van der Waals surface area contributed by atoms with Crippen LogP contribution in [0.15, 0.2) is 54.7 Å². The van der Waals surface area contributed by atoms with Crippen LogP contribution in [-0.2, 0) is 23.2 Å². The largest absolute Gasteiger partial charge is 0.384 e. The van der Waals surface area contributed by atoms with E-state index in [0.717, 1.165) is 24.8 Å². The highest BCUT2D eigenvalue weighted by Crippen LogP contribution is 2.49. The number of amides is 1. The van der Waals surface area contributed by atoms with Crippen LogP contribution < -0.4 is 5.73 Å². The predicted octanol–water partition coefficient (Wildman–Crippen LogP) is 3.64.